The van der Waals surface area contributed by atoms with E-state index in [1.807, 2.05) is 0 Å². The Morgan fingerprint density at radius 1 is 1.33 bits per heavy atom. The summed E-state index contributed by atoms with van der Waals surface area (Å²) in [6.07, 6.45) is 5.64. The van der Waals surface area contributed by atoms with Gasteiger partial charge >= 0.3 is 0 Å². The van der Waals surface area contributed by atoms with Gasteiger partial charge in [0.05, 0.1) is 10.6 Å². The molecule has 0 saturated carbocycles. The lowest BCUT2D eigenvalue weighted by Crippen LogP contribution is -2.16. The Bertz CT molecular complexity index is 914. The van der Waals surface area contributed by atoms with Crippen molar-refractivity contribution in [1.82, 2.24) is 9.29 Å². The topological polar surface area (TPSA) is 63.5 Å². The molecule has 1 aliphatic heterocycles. The average molecular weight is 347 g/mol. The van der Waals surface area contributed by atoms with Crippen molar-refractivity contribution in [3.05, 3.63) is 59.0 Å². The molecule has 0 radical (unpaired) electrons. The Kier molecular flexibility index (Phi) is 4.64. The second-order valence-corrected chi connectivity index (χ2v) is 7.41. The molecular formula is C17H18FN3O2S. The van der Waals surface area contributed by atoms with Gasteiger partial charge in [0.2, 0.25) is 0 Å². The highest BCUT2D eigenvalue weighted by Gasteiger charge is 2.24. The quantitative estimate of drug-likeness (QED) is 0.904. The van der Waals surface area contributed by atoms with Crippen LogP contribution in [0.5, 0.6) is 0 Å². The second-order valence-electron chi connectivity index (χ2n) is 5.54. The third-order valence-corrected chi connectivity index (χ3v) is 5.57. The van der Waals surface area contributed by atoms with Crippen LogP contribution in [0, 0.1) is 5.82 Å². The number of hydrogen-bond donors (Lipinski definition) is 1. The number of aromatic nitrogens is 1. The van der Waals surface area contributed by atoms with Crippen LogP contribution in [0.2, 0.25) is 0 Å². The fourth-order valence-electron chi connectivity index (χ4n) is 2.66. The number of nitrogens with one attached hydrogen (secondary N) is 1. The molecule has 0 bridgehead atoms. The first-order valence-corrected chi connectivity index (χ1v) is 9.04. The summed E-state index contributed by atoms with van der Waals surface area (Å²) in [4.78, 5) is 4.22. The second kappa shape index (κ2) is 6.70. The van der Waals surface area contributed by atoms with Crippen LogP contribution >= 0.6 is 0 Å². The predicted molar refractivity (Wildman–Crippen MR) is 92.7 cm³/mol. The summed E-state index contributed by atoms with van der Waals surface area (Å²) in [7, 11) is -1.95. The van der Waals surface area contributed by atoms with Crippen LogP contribution < -0.4 is 5.32 Å². The van der Waals surface area contributed by atoms with E-state index in [1.54, 1.807) is 37.7 Å². The number of aliphatic imine (C=N–C) groups is 1. The van der Waals surface area contributed by atoms with Gasteiger partial charge in [-0.3, -0.25) is 4.99 Å². The third-order valence-electron chi connectivity index (χ3n) is 3.78. The van der Waals surface area contributed by atoms with Crippen molar-refractivity contribution in [3.8, 4) is 11.3 Å². The Balaban J connectivity index is 2.16. The van der Waals surface area contributed by atoms with Gasteiger partial charge < -0.3 is 5.32 Å². The highest BCUT2D eigenvalue weighted by Crippen LogP contribution is 2.29. The van der Waals surface area contributed by atoms with Gasteiger partial charge in [-0.15, -0.1) is 0 Å². The first-order valence-electron chi connectivity index (χ1n) is 7.60. The minimum Gasteiger partial charge on any atom is -0.316 e. The number of nitrogens with zero attached hydrogens (tertiary/aromatic N) is 2. The maximum Gasteiger partial charge on any atom is 0.265 e. The van der Waals surface area contributed by atoms with E-state index in [2.05, 4.69) is 10.3 Å². The maximum absolute atomic E-state index is 13.6. The molecule has 0 spiro atoms. The van der Waals surface area contributed by atoms with E-state index in [4.69, 9.17) is 0 Å². The van der Waals surface area contributed by atoms with Crippen LogP contribution in [-0.4, -0.2) is 25.7 Å². The van der Waals surface area contributed by atoms with E-state index in [0.29, 0.717) is 30.6 Å². The van der Waals surface area contributed by atoms with Crippen LogP contribution in [0.3, 0.4) is 0 Å². The van der Waals surface area contributed by atoms with Gasteiger partial charge in [-0.05, 0) is 43.7 Å². The van der Waals surface area contributed by atoms with E-state index in [-0.39, 0.29) is 4.91 Å². The molecule has 0 fully saturated rings. The van der Waals surface area contributed by atoms with E-state index < -0.39 is 15.8 Å². The fourth-order valence-corrected chi connectivity index (χ4v) is 4.17. The number of benzene rings is 1. The zero-order valence-corrected chi connectivity index (χ0v) is 14.1. The molecule has 0 unspecified atom stereocenters. The van der Waals surface area contributed by atoms with Crippen molar-refractivity contribution in [1.29, 1.82) is 0 Å². The minimum atomic E-state index is -3.74. The molecule has 3 rings (SSSR count). The average Bonchev–Trinajstić information content (AvgIpc) is 3.01. The standard InChI is InChI=1S/C17H18FN3O2S/c1-19-10-13-8-17(14-4-2-5-15(18)9-14)21(12-13)24(22,23)16-6-3-7-20-11-16/h2,4-5,7-9,11-12,19H,3,6,10H2,1H3. The fraction of sp³-hybridized carbons (Fsp3) is 0.235. The summed E-state index contributed by atoms with van der Waals surface area (Å²) in [5.41, 5.74) is 1.76. The van der Waals surface area contributed by atoms with Crippen LogP contribution in [0.4, 0.5) is 4.39 Å². The van der Waals surface area contributed by atoms with Crippen LogP contribution in [0.1, 0.15) is 18.4 Å². The molecule has 24 heavy (non-hydrogen) atoms. The Morgan fingerprint density at radius 2 is 2.17 bits per heavy atom. The van der Waals surface area contributed by atoms with Gasteiger partial charge in [-0.25, -0.2) is 16.8 Å². The zero-order valence-electron chi connectivity index (χ0n) is 13.2. The summed E-state index contributed by atoms with van der Waals surface area (Å²) in [5, 5.41) is 3.00. The van der Waals surface area contributed by atoms with Crippen molar-refractivity contribution >= 4 is 16.2 Å². The van der Waals surface area contributed by atoms with Crippen LogP contribution in [-0.2, 0) is 16.6 Å². The summed E-state index contributed by atoms with van der Waals surface area (Å²) in [6, 6.07) is 7.68. The normalized spacial score (nSPS) is 14.7. The molecule has 7 heteroatoms. The van der Waals surface area contributed by atoms with Crippen molar-refractivity contribution < 1.29 is 12.8 Å². The smallest absolute Gasteiger partial charge is 0.265 e. The number of halogens is 1. The molecule has 0 amide bonds. The monoisotopic (exact) mass is 347 g/mol. The van der Waals surface area contributed by atoms with Crippen LogP contribution in [0.15, 0.2) is 52.6 Å². The van der Waals surface area contributed by atoms with Gasteiger partial charge in [0.1, 0.15) is 5.82 Å². The molecule has 0 atom stereocenters. The van der Waals surface area contributed by atoms with Gasteiger partial charge in [0.15, 0.2) is 0 Å². The number of hydrogen-bond acceptors (Lipinski definition) is 4. The van der Waals surface area contributed by atoms with Crippen molar-refractivity contribution in [3.63, 3.8) is 0 Å². The lowest BCUT2D eigenvalue weighted by atomic mass is 10.1. The first-order chi connectivity index (χ1) is 11.5. The van der Waals surface area contributed by atoms with Crippen molar-refractivity contribution in [2.45, 2.75) is 19.4 Å². The van der Waals surface area contributed by atoms with Gasteiger partial charge in [0.25, 0.3) is 10.0 Å². The van der Waals surface area contributed by atoms with Crippen molar-refractivity contribution in [2.75, 3.05) is 7.05 Å². The molecule has 0 aliphatic carbocycles. The molecular weight excluding hydrogens is 329 g/mol. The number of rotatable bonds is 5. The Morgan fingerprint density at radius 3 is 2.83 bits per heavy atom. The van der Waals surface area contributed by atoms with E-state index in [1.165, 1.54) is 22.3 Å². The number of allylic oxidation sites excluding steroid dienone is 1. The SMILES string of the molecule is CNCc1cc(-c2cccc(F)c2)n(S(=O)(=O)C2=CN=CCC2)c1. The van der Waals surface area contributed by atoms with Gasteiger partial charge in [-0.1, -0.05) is 12.1 Å². The molecule has 126 valence electrons. The Labute approximate surface area is 140 Å². The summed E-state index contributed by atoms with van der Waals surface area (Å²) >= 11 is 0. The van der Waals surface area contributed by atoms with E-state index in [9.17, 15) is 12.8 Å². The summed E-state index contributed by atoms with van der Waals surface area (Å²) in [6.45, 7) is 0.516. The zero-order chi connectivity index (χ0) is 17.2. The largest absolute Gasteiger partial charge is 0.316 e. The summed E-state index contributed by atoms with van der Waals surface area (Å²) < 4.78 is 40.8. The third kappa shape index (κ3) is 3.18. The van der Waals surface area contributed by atoms with E-state index >= 15 is 0 Å². The highest BCUT2D eigenvalue weighted by molar-refractivity contribution is 7.93. The molecule has 1 N–H and O–H groups in total. The predicted octanol–water partition coefficient (Wildman–Crippen LogP) is 2.90. The maximum atomic E-state index is 13.6. The van der Waals surface area contributed by atoms with Gasteiger partial charge in [-0.2, -0.15) is 0 Å². The lowest BCUT2D eigenvalue weighted by Gasteiger charge is -2.14. The Hall–Kier alpha value is -2.25. The summed E-state index contributed by atoms with van der Waals surface area (Å²) in [5.74, 6) is -0.408. The van der Waals surface area contributed by atoms with Crippen LogP contribution in [0.25, 0.3) is 11.3 Å². The molecule has 2 aromatic rings. The van der Waals surface area contributed by atoms with Gasteiger partial charge in [0, 0.05) is 30.7 Å². The highest BCUT2D eigenvalue weighted by atomic mass is 32.2. The minimum absolute atomic E-state index is 0.259. The van der Waals surface area contributed by atoms with E-state index in [0.717, 1.165) is 5.56 Å². The molecule has 1 aromatic carbocycles. The molecule has 0 saturated heterocycles. The molecule has 2 heterocycles. The van der Waals surface area contributed by atoms with Crippen molar-refractivity contribution in [2.24, 2.45) is 4.99 Å². The first kappa shape index (κ1) is 16.6. The lowest BCUT2D eigenvalue weighted by molar-refractivity contribution is 0.592. The molecule has 1 aromatic heterocycles. The molecule has 1 aliphatic rings. The molecule has 5 nitrogen and oxygen atoms in total.